The summed E-state index contributed by atoms with van der Waals surface area (Å²) in [4.78, 5) is 31.9. The van der Waals surface area contributed by atoms with Crippen molar-refractivity contribution in [3.8, 4) is 5.75 Å². The normalized spacial score (nSPS) is 17.7. The second kappa shape index (κ2) is 8.83. The third-order valence-electron chi connectivity index (χ3n) is 5.03. The topological polar surface area (TPSA) is 79.7 Å². The molecule has 1 saturated heterocycles. The molecule has 0 radical (unpaired) electrons. The Kier molecular flexibility index (Phi) is 5.80. The van der Waals surface area contributed by atoms with Gasteiger partial charge < -0.3 is 9.84 Å². The van der Waals surface area contributed by atoms with Gasteiger partial charge in [0.1, 0.15) is 17.6 Å². The predicted molar refractivity (Wildman–Crippen MR) is 118 cm³/mol. The molecule has 31 heavy (non-hydrogen) atoms. The lowest BCUT2D eigenvalue weighted by molar-refractivity contribution is -0.132. The van der Waals surface area contributed by atoms with Crippen LogP contribution in [0.1, 0.15) is 30.6 Å². The van der Waals surface area contributed by atoms with Crippen LogP contribution in [0, 0.1) is 0 Å². The van der Waals surface area contributed by atoms with E-state index in [4.69, 9.17) is 4.74 Å². The molecule has 0 bridgehead atoms. The van der Waals surface area contributed by atoms with E-state index in [1.54, 1.807) is 72.9 Å². The van der Waals surface area contributed by atoms with E-state index in [0.717, 1.165) is 6.42 Å². The second-order valence-corrected chi connectivity index (χ2v) is 7.14. The van der Waals surface area contributed by atoms with Crippen LogP contribution in [-0.4, -0.2) is 28.4 Å². The highest BCUT2D eigenvalue weighted by molar-refractivity contribution is 6.51. The van der Waals surface area contributed by atoms with Crippen molar-refractivity contribution >= 4 is 23.1 Å². The molecule has 1 atom stereocenters. The summed E-state index contributed by atoms with van der Waals surface area (Å²) in [7, 11) is 0. The molecule has 6 heteroatoms. The molecule has 0 aliphatic carbocycles. The number of carbonyl (C=O) groups is 2. The van der Waals surface area contributed by atoms with Crippen molar-refractivity contribution in [2.75, 3.05) is 11.5 Å². The molecule has 156 valence electrons. The monoisotopic (exact) mass is 414 g/mol. The minimum Gasteiger partial charge on any atom is -0.507 e. The predicted octanol–water partition coefficient (Wildman–Crippen LogP) is 4.50. The molecule has 1 amide bonds. The van der Waals surface area contributed by atoms with Crippen LogP contribution in [-0.2, 0) is 9.59 Å². The van der Waals surface area contributed by atoms with Crippen molar-refractivity contribution in [3.05, 3.63) is 95.8 Å². The molecule has 4 rings (SSSR count). The van der Waals surface area contributed by atoms with Crippen molar-refractivity contribution in [3.63, 3.8) is 0 Å². The second-order valence-electron chi connectivity index (χ2n) is 7.14. The maximum Gasteiger partial charge on any atom is 0.300 e. The Morgan fingerprint density at radius 2 is 1.81 bits per heavy atom. The number of benzene rings is 2. The van der Waals surface area contributed by atoms with E-state index in [1.165, 1.54) is 4.90 Å². The van der Waals surface area contributed by atoms with Gasteiger partial charge in [0.05, 0.1) is 17.9 Å². The number of ketones is 1. The van der Waals surface area contributed by atoms with Gasteiger partial charge in [-0.3, -0.25) is 19.5 Å². The van der Waals surface area contributed by atoms with Crippen LogP contribution in [0.25, 0.3) is 5.76 Å². The summed E-state index contributed by atoms with van der Waals surface area (Å²) >= 11 is 0. The van der Waals surface area contributed by atoms with Gasteiger partial charge in [0.25, 0.3) is 11.7 Å². The van der Waals surface area contributed by atoms with Crippen molar-refractivity contribution in [2.24, 2.45) is 0 Å². The largest absolute Gasteiger partial charge is 0.507 e. The Morgan fingerprint density at radius 1 is 1.03 bits per heavy atom. The van der Waals surface area contributed by atoms with E-state index in [9.17, 15) is 14.7 Å². The number of amides is 1. The zero-order valence-corrected chi connectivity index (χ0v) is 17.1. The Hall–Kier alpha value is -3.93. The van der Waals surface area contributed by atoms with Crippen LogP contribution in [0.4, 0.5) is 5.69 Å². The fourth-order valence-corrected chi connectivity index (χ4v) is 3.61. The van der Waals surface area contributed by atoms with Gasteiger partial charge in [0.15, 0.2) is 0 Å². The van der Waals surface area contributed by atoms with E-state index < -0.39 is 17.7 Å². The zero-order valence-electron chi connectivity index (χ0n) is 17.1. The number of Topliss-reactive ketones (excluding diaryl/α,β-unsaturated/α-hetero) is 1. The van der Waals surface area contributed by atoms with Crippen molar-refractivity contribution in [2.45, 2.75) is 19.4 Å². The lowest BCUT2D eigenvalue weighted by atomic mass is 9.98. The highest BCUT2D eigenvalue weighted by atomic mass is 16.5. The Labute approximate surface area is 180 Å². The lowest BCUT2D eigenvalue weighted by Crippen LogP contribution is -2.29. The molecule has 2 heterocycles. The number of nitrogens with zero attached hydrogens (tertiary/aromatic N) is 2. The summed E-state index contributed by atoms with van der Waals surface area (Å²) < 4.78 is 5.65. The number of aromatic nitrogens is 1. The quantitative estimate of drug-likeness (QED) is 0.365. The Morgan fingerprint density at radius 3 is 2.52 bits per heavy atom. The minimum atomic E-state index is -0.844. The van der Waals surface area contributed by atoms with Crippen molar-refractivity contribution in [1.29, 1.82) is 0 Å². The molecule has 6 nitrogen and oxygen atoms in total. The maximum atomic E-state index is 13.1. The van der Waals surface area contributed by atoms with Gasteiger partial charge in [-0.2, -0.15) is 0 Å². The Balaban J connectivity index is 1.87. The number of rotatable bonds is 6. The summed E-state index contributed by atoms with van der Waals surface area (Å²) in [6.07, 6.45) is 2.44. The van der Waals surface area contributed by atoms with Crippen LogP contribution in [0.15, 0.2) is 84.6 Å². The molecule has 2 aromatic carbocycles. The maximum absolute atomic E-state index is 13.1. The first kappa shape index (κ1) is 20.3. The fourth-order valence-electron chi connectivity index (χ4n) is 3.61. The molecular weight excluding hydrogens is 392 g/mol. The molecule has 1 unspecified atom stereocenters. The summed E-state index contributed by atoms with van der Waals surface area (Å²) in [5.41, 5.74) is 1.45. The average Bonchev–Trinajstić information content (AvgIpc) is 3.09. The van der Waals surface area contributed by atoms with E-state index in [2.05, 4.69) is 4.98 Å². The third-order valence-corrected chi connectivity index (χ3v) is 5.03. The molecule has 1 aromatic heterocycles. The number of anilines is 1. The summed E-state index contributed by atoms with van der Waals surface area (Å²) in [6.45, 7) is 2.54. The SMILES string of the molecule is CCCOc1cccc(/C(O)=C2/C(=O)C(=O)N(c3ccccc3)C2c2ccccn2)c1. The molecular formula is C25H22N2O4. The molecule has 1 N–H and O–H groups in total. The summed E-state index contributed by atoms with van der Waals surface area (Å²) in [5.74, 6) is -1.13. The highest BCUT2D eigenvalue weighted by Crippen LogP contribution is 2.41. The van der Waals surface area contributed by atoms with Crippen molar-refractivity contribution in [1.82, 2.24) is 4.98 Å². The van der Waals surface area contributed by atoms with Crippen LogP contribution >= 0.6 is 0 Å². The molecule has 1 aliphatic rings. The highest BCUT2D eigenvalue weighted by Gasteiger charge is 2.47. The summed E-state index contributed by atoms with van der Waals surface area (Å²) in [5, 5.41) is 11.2. The number of ether oxygens (including phenoxy) is 1. The molecule has 1 fully saturated rings. The average molecular weight is 414 g/mol. The zero-order chi connectivity index (χ0) is 21.8. The third kappa shape index (κ3) is 3.92. The number of aliphatic hydroxyl groups excluding tert-OH is 1. The van der Waals surface area contributed by atoms with Crippen LogP contribution in [0.2, 0.25) is 0 Å². The number of carbonyl (C=O) groups excluding carboxylic acids is 2. The number of hydrogen-bond donors (Lipinski definition) is 1. The number of aliphatic hydroxyl groups is 1. The van der Waals surface area contributed by atoms with Gasteiger partial charge >= 0.3 is 0 Å². The van der Waals surface area contributed by atoms with Crippen LogP contribution in [0.5, 0.6) is 5.75 Å². The first-order valence-corrected chi connectivity index (χ1v) is 10.1. The van der Waals surface area contributed by atoms with Gasteiger partial charge in [-0.1, -0.05) is 43.3 Å². The van der Waals surface area contributed by atoms with Gasteiger partial charge in [0.2, 0.25) is 0 Å². The lowest BCUT2D eigenvalue weighted by Gasteiger charge is -2.24. The van der Waals surface area contributed by atoms with Gasteiger partial charge in [-0.05, 0) is 42.8 Å². The van der Waals surface area contributed by atoms with Gasteiger partial charge in [0, 0.05) is 17.4 Å². The van der Waals surface area contributed by atoms with Gasteiger partial charge in [-0.15, -0.1) is 0 Å². The summed E-state index contributed by atoms with van der Waals surface area (Å²) in [6, 6.07) is 20.2. The number of pyridine rings is 1. The molecule has 1 aliphatic heterocycles. The fraction of sp³-hybridized carbons (Fsp3) is 0.160. The van der Waals surface area contributed by atoms with E-state index >= 15 is 0 Å². The molecule has 0 spiro atoms. The standard InChI is InChI=1S/C25H22N2O4/c1-2-15-31-19-12-8-9-17(16-19)23(28)21-22(20-13-6-7-14-26-20)27(25(30)24(21)29)18-10-4-3-5-11-18/h3-14,16,22,28H,2,15H2,1H3/b23-21-. The molecule has 0 saturated carbocycles. The molecule has 3 aromatic rings. The van der Waals surface area contributed by atoms with Gasteiger partial charge in [-0.25, -0.2) is 0 Å². The smallest absolute Gasteiger partial charge is 0.300 e. The van der Waals surface area contributed by atoms with Crippen LogP contribution in [0.3, 0.4) is 0 Å². The Bertz CT molecular complexity index is 1130. The van der Waals surface area contributed by atoms with E-state index in [1.807, 2.05) is 13.0 Å². The number of para-hydroxylation sites is 1. The van der Waals surface area contributed by atoms with E-state index in [0.29, 0.717) is 29.3 Å². The number of hydrogen-bond acceptors (Lipinski definition) is 5. The minimum absolute atomic E-state index is 0.000180. The first-order valence-electron chi connectivity index (χ1n) is 10.1. The van der Waals surface area contributed by atoms with Crippen molar-refractivity contribution < 1.29 is 19.4 Å². The van der Waals surface area contributed by atoms with Crippen LogP contribution < -0.4 is 9.64 Å². The van der Waals surface area contributed by atoms with E-state index in [-0.39, 0.29) is 11.3 Å². The first-order chi connectivity index (χ1) is 15.1.